The van der Waals surface area contributed by atoms with Crippen molar-refractivity contribution in [3.63, 3.8) is 0 Å². The topological polar surface area (TPSA) is 81.7 Å². The zero-order valence-electron chi connectivity index (χ0n) is 12.9. The average Bonchev–Trinajstić information content (AvgIpc) is 3.01. The third-order valence-electron chi connectivity index (χ3n) is 4.45. The van der Waals surface area contributed by atoms with Gasteiger partial charge in [-0.05, 0) is 25.0 Å². The molecule has 6 nitrogen and oxygen atoms in total. The average molecular weight is 308 g/mol. The van der Waals surface area contributed by atoms with Crippen LogP contribution in [0.15, 0.2) is 36.7 Å². The van der Waals surface area contributed by atoms with E-state index in [9.17, 15) is 0 Å². The summed E-state index contributed by atoms with van der Waals surface area (Å²) in [5.74, 6) is 0.932. The summed E-state index contributed by atoms with van der Waals surface area (Å²) in [5, 5.41) is 3.21. The van der Waals surface area contributed by atoms with Crippen molar-refractivity contribution in [2.45, 2.75) is 38.1 Å². The Labute approximate surface area is 134 Å². The maximum Gasteiger partial charge on any atom is 0.231 e. The summed E-state index contributed by atoms with van der Waals surface area (Å²) in [6.45, 7) is 0. The van der Waals surface area contributed by atoms with Gasteiger partial charge in [0.2, 0.25) is 5.95 Å². The molecule has 0 bridgehead atoms. The van der Waals surface area contributed by atoms with E-state index in [0.717, 1.165) is 11.3 Å². The maximum absolute atomic E-state index is 6.09. The number of hydrogen-bond acceptors (Lipinski definition) is 5. The molecule has 0 unspecified atom stereocenters. The van der Waals surface area contributed by atoms with Gasteiger partial charge in [0.15, 0.2) is 11.5 Å². The number of anilines is 3. The van der Waals surface area contributed by atoms with Gasteiger partial charge in [-0.3, -0.25) is 0 Å². The van der Waals surface area contributed by atoms with Crippen LogP contribution in [0.1, 0.15) is 38.1 Å². The Morgan fingerprint density at radius 1 is 1.04 bits per heavy atom. The molecule has 1 aliphatic carbocycles. The van der Waals surface area contributed by atoms with Crippen molar-refractivity contribution in [2.75, 3.05) is 11.1 Å². The molecule has 2 aromatic heterocycles. The van der Waals surface area contributed by atoms with Crippen molar-refractivity contribution in [3.8, 4) is 0 Å². The number of fused-ring (bicyclic) bond motifs is 1. The molecule has 3 N–H and O–H groups in total. The number of aromatic nitrogens is 4. The minimum absolute atomic E-state index is 0.419. The molecule has 0 saturated heterocycles. The first-order valence-electron chi connectivity index (χ1n) is 8.13. The third-order valence-corrected chi connectivity index (χ3v) is 4.45. The highest BCUT2D eigenvalue weighted by Crippen LogP contribution is 2.31. The second kappa shape index (κ2) is 5.87. The van der Waals surface area contributed by atoms with E-state index in [-0.39, 0.29) is 0 Å². The highest BCUT2D eigenvalue weighted by Gasteiger charge is 2.20. The highest BCUT2D eigenvalue weighted by molar-refractivity contribution is 5.83. The number of nitrogens with one attached hydrogen (secondary N) is 1. The highest BCUT2D eigenvalue weighted by atomic mass is 15.2. The second-order valence-electron chi connectivity index (χ2n) is 6.04. The molecule has 23 heavy (non-hydrogen) atoms. The van der Waals surface area contributed by atoms with Crippen molar-refractivity contribution in [1.82, 2.24) is 19.5 Å². The first kappa shape index (κ1) is 14.0. The van der Waals surface area contributed by atoms with E-state index < -0.39 is 0 Å². The molecule has 1 aliphatic rings. The van der Waals surface area contributed by atoms with Gasteiger partial charge in [-0.2, -0.15) is 9.97 Å². The summed E-state index contributed by atoms with van der Waals surface area (Å²) in [5.41, 5.74) is 8.54. The Morgan fingerprint density at radius 2 is 1.83 bits per heavy atom. The lowest BCUT2D eigenvalue weighted by atomic mass is 9.95. The molecule has 4 rings (SSSR count). The largest absolute Gasteiger partial charge is 0.382 e. The molecular weight excluding hydrogens is 288 g/mol. The number of rotatable bonds is 3. The summed E-state index contributed by atoms with van der Waals surface area (Å²) in [6, 6.07) is 10.3. The van der Waals surface area contributed by atoms with E-state index in [2.05, 4.69) is 24.8 Å². The summed E-state index contributed by atoms with van der Waals surface area (Å²) in [4.78, 5) is 13.4. The number of benzene rings is 1. The lowest BCUT2D eigenvalue weighted by molar-refractivity contribution is 0.358. The van der Waals surface area contributed by atoms with E-state index in [4.69, 9.17) is 5.73 Å². The van der Waals surface area contributed by atoms with Crippen LogP contribution in [-0.2, 0) is 0 Å². The van der Waals surface area contributed by atoms with Crippen LogP contribution in [0.4, 0.5) is 17.5 Å². The van der Waals surface area contributed by atoms with Gasteiger partial charge < -0.3 is 15.6 Å². The van der Waals surface area contributed by atoms with Crippen LogP contribution in [0.25, 0.3) is 11.2 Å². The lowest BCUT2D eigenvalue weighted by Crippen LogP contribution is -2.13. The predicted octanol–water partition coefficient (Wildman–Crippen LogP) is 3.66. The minimum Gasteiger partial charge on any atom is -0.382 e. The van der Waals surface area contributed by atoms with Crippen LogP contribution in [0.3, 0.4) is 0 Å². The zero-order chi connectivity index (χ0) is 15.6. The summed E-state index contributed by atoms with van der Waals surface area (Å²) in [7, 11) is 0. The van der Waals surface area contributed by atoms with E-state index in [0.29, 0.717) is 23.3 Å². The molecule has 3 aromatic rings. The van der Waals surface area contributed by atoms with Crippen LogP contribution >= 0.6 is 0 Å². The SMILES string of the molecule is Nc1nc(Nc2ccccc2)nc2c1ncn2C1CCCCC1. The first-order valence-corrected chi connectivity index (χ1v) is 8.13. The Balaban J connectivity index is 1.72. The van der Waals surface area contributed by atoms with E-state index in [1.54, 1.807) is 0 Å². The molecule has 1 aromatic carbocycles. The van der Waals surface area contributed by atoms with Gasteiger partial charge in [0.25, 0.3) is 0 Å². The summed E-state index contributed by atoms with van der Waals surface area (Å²) < 4.78 is 2.17. The fourth-order valence-corrected chi connectivity index (χ4v) is 3.27. The van der Waals surface area contributed by atoms with E-state index >= 15 is 0 Å². The molecule has 1 fully saturated rings. The molecular formula is C17H20N6. The Hall–Kier alpha value is -2.63. The number of para-hydroxylation sites is 1. The summed E-state index contributed by atoms with van der Waals surface area (Å²) in [6.07, 6.45) is 8.06. The van der Waals surface area contributed by atoms with Crippen molar-refractivity contribution >= 4 is 28.6 Å². The van der Waals surface area contributed by atoms with Crippen LogP contribution < -0.4 is 11.1 Å². The minimum atomic E-state index is 0.419. The van der Waals surface area contributed by atoms with Crippen LogP contribution in [0.5, 0.6) is 0 Å². The molecule has 0 amide bonds. The van der Waals surface area contributed by atoms with Crippen molar-refractivity contribution in [2.24, 2.45) is 0 Å². The van der Waals surface area contributed by atoms with Gasteiger partial charge in [-0.1, -0.05) is 37.5 Å². The normalized spacial score (nSPS) is 15.8. The number of imidazole rings is 1. The van der Waals surface area contributed by atoms with Gasteiger partial charge in [-0.25, -0.2) is 4.98 Å². The maximum atomic E-state index is 6.09. The van der Waals surface area contributed by atoms with Gasteiger partial charge in [-0.15, -0.1) is 0 Å². The molecule has 0 atom stereocenters. The number of nitrogen functional groups attached to an aromatic ring is 1. The molecule has 0 spiro atoms. The first-order chi connectivity index (χ1) is 11.3. The molecule has 118 valence electrons. The monoisotopic (exact) mass is 308 g/mol. The quantitative estimate of drug-likeness (QED) is 0.771. The van der Waals surface area contributed by atoms with Gasteiger partial charge in [0.1, 0.15) is 5.52 Å². The fraction of sp³-hybridized carbons (Fsp3) is 0.353. The Morgan fingerprint density at radius 3 is 2.61 bits per heavy atom. The lowest BCUT2D eigenvalue weighted by Gasteiger charge is -2.23. The van der Waals surface area contributed by atoms with Crippen molar-refractivity contribution in [3.05, 3.63) is 36.7 Å². The van der Waals surface area contributed by atoms with Crippen LogP contribution in [-0.4, -0.2) is 19.5 Å². The van der Waals surface area contributed by atoms with E-state index in [1.165, 1.54) is 32.1 Å². The van der Waals surface area contributed by atoms with Crippen LogP contribution in [0.2, 0.25) is 0 Å². The van der Waals surface area contributed by atoms with E-state index in [1.807, 2.05) is 36.7 Å². The second-order valence-corrected chi connectivity index (χ2v) is 6.04. The van der Waals surface area contributed by atoms with Gasteiger partial charge in [0.05, 0.1) is 6.33 Å². The predicted molar refractivity (Wildman–Crippen MR) is 91.6 cm³/mol. The van der Waals surface area contributed by atoms with Crippen LogP contribution in [0, 0.1) is 0 Å². The molecule has 6 heteroatoms. The Kier molecular flexibility index (Phi) is 3.57. The standard InChI is InChI=1S/C17H20N6/c18-15-14-16(23(11-19-14)13-9-5-2-6-10-13)22-17(21-15)20-12-7-3-1-4-8-12/h1,3-4,7-8,11,13H,2,5-6,9-10H2,(H3,18,20,21,22). The number of nitrogens with zero attached hydrogens (tertiary/aromatic N) is 4. The molecule has 2 heterocycles. The number of nitrogens with two attached hydrogens (primary N) is 1. The fourth-order valence-electron chi connectivity index (χ4n) is 3.27. The van der Waals surface area contributed by atoms with Gasteiger partial charge in [0, 0.05) is 11.7 Å². The Bertz CT molecular complexity index is 805. The molecule has 0 aliphatic heterocycles. The zero-order valence-corrected chi connectivity index (χ0v) is 12.9. The summed E-state index contributed by atoms with van der Waals surface area (Å²) >= 11 is 0. The number of hydrogen-bond donors (Lipinski definition) is 2. The molecule has 0 radical (unpaired) electrons. The van der Waals surface area contributed by atoms with Gasteiger partial charge >= 0.3 is 0 Å². The van der Waals surface area contributed by atoms with Crippen molar-refractivity contribution in [1.29, 1.82) is 0 Å². The van der Waals surface area contributed by atoms with Crippen molar-refractivity contribution < 1.29 is 0 Å². The third kappa shape index (κ3) is 2.72. The molecule has 1 saturated carbocycles. The smallest absolute Gasteiger partial charge is 0.231 e.